The molecular weight excluding hydrogens is 434 g/mol. The van der Waals surface area contributed by atoms with E-state index in [0.29, 0.717) is 24.6 Å². The second kappa shape index (κ2) is 11.9. The summed E-state index contributed by atoms with van der Waals surface area (Å²) >= 11 is 5.90. The summed E-state index contributed by atoms with van der Waals surface area (Å²) < 4.78 is 10.7. The van der Waals surface area contributed by atoms with Crippen LogP contribution in [0.4, 0.5) is 9.59 Å². The molecule has 0 radical (unpaired) electrons. The van der Waals surface area contributed by atoms with Gasteiger partial charge in [-0.2, -0.15) is 0 Å². The normalized spacial score (nSPS) is 18.6. The number of rotatable bonds is 7. The highest BCUT2D eigenvalue weighted by Gasteiger charge is 2.37. The van der Waals surface area contributed by atoms with Crippen LogP contribution < -0.4 is 10.6 Å². The van der Waals surface area contributed by atoms with Crippen LogP contribution in [-0.2, 0) is 20.8 Å². The Bertz CT molecular complexity index is 779. The van der Waals surface area contributed by atoms with Gasteiger partial charge >= 0.3 is 12.2 Å². The van der Waals surface area contributed by atoms with Crippen LogP contribution >= 0.6 is 11.6 Å². The number of likely N-dealkylation sites (tertiary alicyclic amines) is 1. The van der Waals surface area contributed by atoms with Crippen molar-refractivity contribution in [3.05, 3.63) is 34.9 Å². The van der Waals surface area contributed by atoms with Gasteiger partial charge in [0.15, 0.2) is 0 Å². The number of carbonyl (C=O) groups excluding carboxylic acids is 3. The number of unbranched alkanes of at least 4 members (excludes halogenated alkanes) is 1. The number of amides is 3. The number of carbonyl (C=O) groups is 3. The van der Waals surface area contributed by atoms with Crippen molar-refractivity contribution in [3.63, 3.8) is 0 Å². The minimum absolute atomic E-state index is 0.130. The molecule has 0 spiro atoms. The summed E-state index contributed by atoms with van der Waals surface area (Å²) in [6, 6.07) is 7.24. The van der Waals surface area contributed by atoms with Crippen molar-refractivity contribution < 1.29 is 23.9 Å². The molecule has 3 amide bonds. The zero-order chi connectivity index (χ0) is 23.7. The van der Waals surface area contributed by atoms with E-state index in [-0.39, 0.29) is 24.8 Å². The molecule has 1 aromatic rings. The Morgan fingerprint density at radius 2 is 1.88 bits per heavy atom. The predicted octanol–water partition coefficient (Wildman–Crippen LogP) is 4.46. The summed E-state index contributed by atoms with van der Waals surface area (Å²) in [6.45, 7) is 8.30. The number of nitrogens with zero attached hydrogens (tertiary/aromatic N) is 1. The van der Waals surface area contributed by atoms with Gasteiger partial charge in [-0.3, -0.25) is 9.69 Å². The lowest BCUT2D eigenvalue weighted by Gasteiger charge is -2.39. The van der Waals surface area contributed by atoms with Crippen LogP contribution in [-0.4, -0.2) is 47.9 Å². The summed E-state index contributed by atoms with van der Waals surface area (Å²) in [6.07, 6.45) is 0.554. The number of piperidine rings is 1. The van der Waals surface area contributed by atoms with Crippen LogP contribution in [0.2, 0.25) is 5.02 Å². The molecule has 2 unspecified atom stereocenters. The van der Waals surface area contributed by atoms with E-state index in [1.54, 1.807) is 32.9 Å². The third-order valence-electron chi connectivity index (χ3n) is 5.00. The number of hydrogen-bond donors (Lipinski definition) is 2. The summed E-state index contributed by atoms with van der Waals surface area (Å²) in [5.41, 5.74) is 0.263. The van der Waals surface area contributed by atoms with Gasteiger partial charge < -0.3 is 20.1 Å². The second-order valence-corrected chi connectivity index (χ2v) is 9.33. The molecule has 0 aromatic heterocycles. The van der Waals surface area contributed by atoms with E-state index in [1.165, 1.54) is 4.90 Å². The third-order valence-corrected chi connectivity index (χ3v) is 5.25. The van der Waals surface area contributed by atoms with E-state index in [4.69, 9.17) is 21.1 Å². The monoisotopic (exact) mass is 467 g/mol. The van der Waals surface area contributed by atoms with Gasteiger partial charge in [-0.15, -0.1) is 0 Å². The average Bonchev–Trinajstić information content (AvgIpc) is 2.72. The van der Waals surface area contributed by atoms with Gasteiger partial charge in [-0.05, 0) is 57.7 Å². The van der Waals surface area contributed by atoms with E-state index in [9.17, 15) is 14.4 Å². The zero-order valence-corrected chi connectivity index (χ0v) is 20.0. The molecule has 178 valence electrons. The average molecular weight is 468 g/mol. The van der Waals surface area contributed by atoms with E-state index < -0.39 is 24.0 Å². The maximum atomic E-state index is 12.8. The van der Waals surface area contributed by atoms with Crippen LogP contribution in [0.1, 0.15) is 58.9 Å². The summed E-state index contributed by atoms with van der Waals surface area (Å²) in [5.74, 6) is -0.489. The lowest BCUT2D eigenvalue weighted by molar-refractivity contribution is -0.127. The number of ether oxygens (including phenoxy) is 2. The van der Waals surface area contributed by atoms with Gasteiger partial charge in [0.25, 0.3) is 0 Å². The molecular formula is C23H34ClN3O5. The van der Waals surface area contributed by atoms with Gasteiger partial charge in [0.2, 0.25) is 5.91 Å². The van der Waals surface area contributed by atoms with Crippen molar-refractivity contribution in [2.45, 2.75) is 71.7 Å². The van der Waals surface area contributed by atoms with Gasteiger partial charge in [0.1, 0.15) is 11.8 Å². The molecule has 0 aliphatic carbocycles. The molecule has 1 aromatic carbocycles. The van der Waals surface area contributed by atoms with Gasteiger partial charge in [0.05, 0.1) is 6.61 Å². The summed E-state index contributed by atoms with van der Waals surface area (Å²) in [4.78, 5) is 39.1. The molecule has 2 atom stereocenters. The van der Waals surface area contributed by atoms with Crippen LogP contribution in [0.15, 0.2) is 24.3 Å². The number of hydrogen-bond acceptors (Lipinski definition) is 5. The minimum Gasteiger partial charge on any atom is -0.450 e. The molecule has 1 fully saturated rings. The Kier molecular flexibility index (Phi) is 9.62. The standard InChI is InChI=1S/C23H34ClN3O5/c1-5-6-13-31-21(29)26-19-14-17(11-12-27(19)22(30)32-23(2,3)4)20(28)25-15-16-7-9-18(24)10-8-16/h7-10,17,19H,5-6,11-15H2,1-4H3,(H,25,28)(H,26,29). The molecule has 1 saturated heterocycles. The Balaban J connectivity index is 2.01. The van der Waals surface area contributed by atoms with Crippen molar-refractivity contribution >= 4 is 29.7 Å². The Labute approximate surface area is 195 Å². The maximum Gasteiger partial charge on any atom is 0.411 e. The van der Waals surface area contributed by atoms with E-state index in [2.05, 4.69) is 10.6 Å². The Morgan fingerprint density at radius 3 is 2.50 bits per heavy atom. The van der Waals surface area contributed by atoms with E-state index >= 15 is 0 Å². The molecule has 32 heavy (non-hydrogen) atoms. The molecule has 9 heteroatoms. The fourth-order valence-corrected chi connectivity index (χ4v) is 3.43. The maximum absolute atomic E-state index is 12.8. The molecule has 2 rings (SSSR count). The smallest absolute Gasteiger partial charge is 0.411 e. The fraction of sp³-hybridized carbons (Fsp3) is 0.609. The molecule has 1 heterocycles. The number of benzene rings is 1. The molecule has 1 aliphatic rings. The molecule has 0 bridgehead atoms. The number of alkyl carbamates (subject to hydrolysis) is 1. The molecule has 0 saturated carbocycles. The predicted molar refractivity (Wildman–Crippen MR) is 122 cm³/mol. The topological polar surface area (TPSA) is 97.0 Å². The van der Waals surface area contributed by atoms with Crippen molar-refractivity contribution in [2.24, 2.45) is 5.92 Å². The molecule has 8 nitrogen and oxygen atoms in total. The SMILES string of the molecule is CCCCOC(=O)NC1CC(C(=O)NCc2ccc(Cl)cc2)CCN1C(=O)OC(C)(C)C. The van der Waals surface area contributed by atoms with Crippen LogP contribution in [0.3, 0.4) is 0 Å². The Morgan fingerprint density at radius 1 is 1.19 bits per heavy atom. The van der Waals surface area contributed by atoms with Crippen LogP contribution in [0.25, 0.3) is 0 Å². The second-order valence-electron chi connectivity index (χ2n) is 8.89. The van der Waals surface area contributed by atoms with Crippen molar-refractivity contribution in [2.75, 3.05) is 13.2 Å². The quantitative estimate of drug-likeness (QED) is 0.577. The highest BCUT2D eigenvalue weighted by molar-refractivity contribution is 6.30. The van der Waals surface area contributed by atoms with Crippen molar-refractivity contribution in [1.82, 2.24) is 15.5 Å². The summed E-state index contributed by atoms with van der Waals surface area (Å²) in [5, 5.41) is 6.29. The van der Waals surface area contributed by atoms with Crippen molar-refractivity contribution in [1.29, 1.82) is 0 Å². The van der Waals surface area contributed by atoms with Crippen LogP contribution in [0.5, 0.6) is 0 Å². The van der Waals surface area contributed by atoms with Crippen molar-refractivity contribution in [3.8, 4) is 0 Å². The number of halogens is 1. The lowest BCUT2D eigenvalue weighted by Crippen LogP contribution is -2.57. The molecule has 2 N–H and O–H groups in total. The first-order valence-electron chi connectivity index (χ1n) is 11.0. The number of nitrogens with one attached hydrogen (secondary N) is 2. The first-order valence-corrected chi connectivity index (χ1v) is 11.4. The van der Waals surface area contributed by atoms with Gasteiger partial charge in [-0.1, -0.05) is 37.1 Å². The lowest BCUT2D eigenvalue weighted by atomic mass is 9.93. The highest BCUT2D eigenvalue weighted by Crippen LogP contribution is 2.24. The molecule has 1 aliphatic heterocycles. The first kappa shape index (κ1) is 25.8. The van der Waals surface area contributed by atoms with Gasteiger partial charge in [0, 0.05) is 24.0 Å². The summed E-state index contributed by atoms with van der Waals surface area (Å²) in [7, 11) is 0. The fourth-order valence-electron chi connectivity index (χ4n) is 3.30. The minimum atomic E-state index is -0.695. The van der Waals surface area contributed by atoms with Gasteiger partial charge in [-0.25, -0.2) is 9.59 Å². The van der Waals surface area contributed by atoms with E-state index in [1.807, 2.05) is 19.1 Å². The Hall–Kier alpha value is -2.48. The largest absolute Gasteiger partial charge is 0.450 e. The van der Waals surface area contributed by atoms with Crippen LogP contribution in [0, 0.1) is 5.92 Å². The van der Waals surface area contributed by atoms with E-state index in [0.717, 1.165) is 18.4 Å². The first-order chi connectivity index (χ1) is 15.1. The zero-order valence-electron chi connectivity index (χ0n) is 19.3. The highest BCUT2D eigenvalue weighted by atomic mass is 35.5. The third kappa shape index (κ3) is 8.57.